The highest BCUT2D eigenvalue weighted by molar-refractivity contribution is 6.31. The van der Waals surface area contributed by atoms with Crippen LogP contribution in [-0.2, 0) is 6.54 Å². The minimum Gasteiger partial charge on any atom is -0.370 e. The van der Waals surface area contributed by atoms with E-state index in [0.717, 1.165) is 35.1 Å². The molecular formula is C17H23ClN4. The summed E-state index contributed by atoms with van der Waals surface area (Å²) in [5.74, 6) is 1.49. The minimum absolute atomic E-state index is 0.610. The van der Waals surface area contributed by atoms with Crippen molar-refractivity contribution in [2.75, 3.05) is 17.2 Å². The van der Waals surface area contributed by atoms with E-state index in [2.05, 4.69) is 27.5 Å². The summed E-state index contributed by atoms with van der Waals surface area (Å²) in [7, 11) is 0. The Hall–Kier alpha value is -1.81. The topological polar surface area (TPSA) is 49.8 Å². The molecule has 0 aliphatic carbocycles. The van der Waals surface area contributed by atoms with Gasteiger partial charge in [0.25, 0.3) is 0 Å². The maximum absolute atomic E-state index is 6.16. The van der Waals surface area contributed by atoms with Crippen LogP contribution in [0.15, 0.2) is 30.3 Å². The number of hydrogen-bond acceptors (Lipinski definition) is 4. The second-order valence-corrected chi connectivity index (χ2v) is 5.70. The molecule has 0 bridgehead atoms. The highest BCUT2D eigenvalue weighted by Gasteiger charge is 2.04. The van der Waals surface area contributed by atoms with Crippen molar-refractivity contribution in [3.8, 4) is 0 Å². The molecule has 0 atom stereocenters. The summed E-state index contributed by atoms with van der Waals surface area (Å²) in [6, 6.07) is 9.74. The Bertz CT molecular complexity index is 601. The van der Waals surface area contributed by atoms with E-state index in [9.17, 15) is 0 Å². The summed E-state index contributed by atoms with van der Waals surface area (Å²) in [6.07, 6.45) is 3.60. The standard InChI is InChI=1S/C17H23ClN4/c1-3-4-7-10-19-16-11-13(2)21-17(22-16)20-12-14-8-5-6-9-15(14)18/h5-6,8-9,11H,3-4,7,10,12H2,1-2H3,(H2,19,20,21,22). The van der Waals surface area contributed by atoms with Gasteiger partial charge in [-0.25, -0.2) is 4.98 Å². The van der Waals surface area contributed by atoms with Crippen LogP contribution in [0, 0.1) is 6.92 Å². The predicted molar refractivity (Wildman–Crippen MR) is 93.6 cm³/mol. The number of nitrogens with one attached hydrogen (secondary N) is 2. The van der Waals surface area contributed by atoms with Crippen LogP contribution in [0.25, 0.3) is 0 Å². The zero-order valence-electron chi connectivity index (χ0n) is 13.2. The van der Waals surface area contributed by atoms with Crippen molar-refractivity contribution >= 4 is 23.4 Å². The van der Waals surface area contributed by atoms with Crippen LogP contribution < -0.4 is 10.6 Å². The van der Waals surface area contributed by atoms with E-state index in [4.69, 9.17) is 11.6 Å². The SMILES string of the molecule is CCCCCNc1cc(C)nc(NCc2ccccc2Cl)n1. The van der Waals surface area contributed by atoms with Gasteiger partial charge in [-0.3, -0.25) is 0 Å². The highest BCUT2D eigenvalue weighted by atomic mass is 35.5. The molecule has 0 saturated carbocycles. The number of benzene rings is 1. The molecule has 0 spiro atoms. The molecule has 2 aromatic rings. The molecule has 22 heavy (non-hydrogen) atoms. The third-order valence-corrected chi connectivity index (χ3v) is 3.70. The van der Waals surface area contributed by atoms with E-state index in [1.165, 1.54) is 12.8 Å². The van der Waals surface area contributed by atoms with Gasteiger partial charge >= 0.3 is 0 Å². The van der Waals surface area contributed by atoms with Crippen LogP contribution in [0.2, 0.25) is 5.02 Å². The van der Waals surface area contributed by atoms with Gasteiger partial charge in [0.1, 0.15) is 5.82 Å². The lowest BCUT2D eigenvalue weighted by atomic mass is 10.2. The molecule has 1 aromatic heterocycles. The molecule has 0 aliphatic heterocycles. The van der Waals surface area contributed by atoms with Crippen LogP contribution in [0.5, 0.6) is 0 Å². The molecule has 0 unspecified atom stereocenters. The third-order valence-electron chi connectivity index (χ3n) is 3.34. The van der Waals surface area contributed by atoms with Crippen molar-refractivity contribution in [1.29, 1.82) is 0 Å². The van der Waals surface area contributed by atoms with Gasteiger partial charge < -0.3 is 10.6 Å². The van der Waals surface area contributed by atoms with Gasteiger partial charge in [-0.1, -0.05) is 49.6 Å². The van der Waals surface area contributed by atoms with E-state index in [1.54, 1.807) is 0 Å². The summed E-state index contributed by atoms with van der Waals surface area (Å²) in [6.45, 7) is 5.72. The first-order valence-corrected chi connectivity index (χ1v) is 8.13. The molecule has 4 nitrogen and oxygen atoms in total. The van der Waals surface area contributed by atoms with Crippen molar-refractivity contribution in [3.63, 3.8) is 0 Å². The van der Waals surface area contributed by atoms with Crippen LogP contribution in [0.3, 0.4) is 0 Å². The Labute approximate surface area is 137 Å². The lowest BCUT2D eigenvalue weighted by molar-refractivity contribution is 0.742. The van der Waals surface area contributed by atoms with Gasteiger partial charge in [-0.2, -0.15) is 4.98 Å². The first kappa shape index (κ1) is 16.6. The summed E-state index contributed by atoms with van der Waals surface area (Å²) in [4.78, 5) is 8.92. The lowest BCUT2D eigenvalue weighted by Crippen LogP contribution is -2.09. The molecule has 5 heteroatoms. The number of hydrogen-bond donors (Lipinski definition) is 2. The van der Waals surface area contributed by atoms with Crippen LogP contribution in [0.4, 0.5) is 11.8 Å². The van der Waals surface area contributed by atoms with Crippen molar-refractivity contribution in [3.05, 3.63) is 46.6 Å². The fourth-order valence-electron chi connectivity index (χ4n) is 2.15. The predicted octanol–water partition coefficient (Wildman–Crippen LogP) is 4.65. The molecule has 1 aromatic carbocycles. The maximum atomic E-state index is 6.16. The van der Waals surface area contributed by atoms with Gasteiger partial charge in [0.15, 0.2) is 0 Å². The largest absolute Gasteiger partial charge is 0.370 e. The summed E-state index contributed by atoms with van der Waals surface area (Å²) in [5.41, 5.74) is 1.97. The number of anilines is 2. The first-order chi connectivity index (χ1) is 10.7. The minimum atomic E-state index is 0.610. The second kappa shape index (κ2) is 8.59. The van der Waals surface area contributed by atoms with Gasteiger partial charge in [-0.15, -0.1) is 0 Å². The Morgan fingerprint density at radius 3 is 2.68 bits per heavy atom. The third kappa shape index (κ3) is 5.19. The summed E-state index contributed by atoms with van der Waals surface area (Å²) in [5, 5.41) is 7.34. The molecule has 0 fully saturated rings. The summed E-state index contributed by atoms with van der Waals surface area (Å²) >= 11 is 6.16. The van der Waals surface area contributed by atoms with Gasteiger partial charge in [0.05, 0.1) is 0 Å². The molecule has 0 saturated heterocycles. The second-order valence-electron chi connectivity index (χ2n) is 5.30. The monoisotopic (exact) mass is 318 g/mol. The Kier molecular flexibility index (Phi) is 6.46. The molecule has 0 amide bonds. The number of aromatic nitrogens is 2. The van der Waals surface area contributed by atoms with E-state index in [-0.39, 0.29) is 0 Å². The Morgan fingerprint density at radius 2 is 1.91 bits per heavy atom. The molecule has 0 radical (unpaired) electrons. The Balaban J connectivity index is 1.96. The molecule has 0 aliphatic rings. The van der Waals surface area contributed by atoms with Crippen molar-refractivity contribution in [2.45, 2.75) is 39.7 Å². The molecule has 2 rings (SSSR count). The molecule has 2 N–H and O–H groups in total. The zero-order chi connectivity index (χ0) is 15.8. The Morgan fingerprint density at radius 1 is 1.09 bits per heavy atom. The van der Waals surface area contributed by atoms with Crippen LogP contribution >= 0.6 is 11.6 Å². The number of nitrogens with zero attached hydrogens (tertiary/aromatic N) is 2. The van der Waals surface area contributed by atoms with Gasteiger partial charge in [0.2, 0.25) is 5.95 Å². The highest BCUT2D eigenvalue weighted by Crippen LogP contribution is 2.16. The van der Waals surface area contributed by atoms with E-state index >= 15 is 0 Å². The number of unbranched alkanes of at least 4 members (excludes halogenated alkanes) is 2. The van der Waals surface area contributed by atoms with E-state index in [0.29, 0.717) is 12.5 Å². The molecule has 118 valence electrons. The van der Waals surface area contributed by atoms with Crippen molar-refractivity contribution in [1.82, 2.24) is 9.97 Å². The molecular weight excluding hydrogens is 296 g/mol. The van der Waals surface area contributed by atoms with E-state index < -0.39 is 0 Å². The smallest absolute Gasteiger partial charge is 0.225 e. The fourth-order valence-corrected chi connectivity index (χ4v) is 2.35. The zero-order valence-corrected chi connectivity index (χ0v) is 14.0. The van der Waals surface area contributed by atoms with Gasteiger partial charge in [-0.05, 0) is 25.0 Å². The van der Waals surface area contributed by atoms with Crippen LogP contribution in [0.1, 0.15) is 37.4 Å². The average Bonchev–Trinajstić information content (AvgIpc) is 2.50. The normalized spacial score (nSPS) is 10.5. The number of halogens is 1. The average molecular weight is 319 g/mol. The van der Waals surface area contributed by atoms with Crippen LogP contribution in [-0.4, -0.2) is 16.5 Å². The lowest BCUT2D eigenvalue weighted by Gasteiger charge is -2.10. The molecule has 1 heterocycles. The number of rotatable bonds is 8. The summed E-state index contributed by atoms with van der Waals surface area (Å²) < 4.78 is 0. The fraction of sp³-hybridized carbons (Fsp3) is 0.412. The number of aryl methyl sites for hydroxylation is 1. The van der Waals surface area contributed by atoms with Crippen molar-refractivity contribution < 1.29 is 0 Å². The van der Waals surface area contributed by atoms with Crippen molar-refractivity contribution in [2.24, 2.45) is 0 Å². The quantitative estimate of drug-likeness (QED) is 0.695. The first-order valence-electron chi connectivity index (χ1n) is 7.76. The van der Waals surface area contributed by atoms with Gasteiger partial charge in [0, 0.05) is 29.9 Å². The maximum Gasteiger partial charge on any atom is 0.225 e. The van der Waals surface area contributed by atoms with E-state index in [1.807, 2.05) is 37.3 Å².